The van der Waals surface area contributed by atoms with Gasteiger partial charge in [0.15, 0.2) is 0 Å². The normalized spacial score (nSPS) is 12.5. The van der Waals surface area contributed by atoms with E-state index in [0.717, 1.165) is 65.7 Å². The lowest BCUT2D eigenvalue weighted by Crippen LogP contribution is -2.11. The number of furan rings is 1. The van der Waals surface area contributed by atoms with E-state index < -0.39 is 0 Å². The second kappa shape index (κ2) is 12.5. The summed E-state index contributed by atoms with van der Waals surface area (Å²) in [4.78, 5) is 1.87. The number of fused-ring (bicyclic) bond motifs is 6. The van der Waals surface area contributed by atoms with Crippen LogP contribution >= 0.6 is 0 Å². The van der Waals surface area contributed by atoms with E-state index in [1.807, 2.05) is 138 Å². The van der Waals surface area contributed by atoms with Gasteiger partial charge in [0.25, 0.3) is 0 Å². The van der Waals surface area contributed by atoms with Crippen molar-refractivity contribution >= 4 is 60.5 Å². The maximum absolute atomic E-state index is 9.60. The first kappa shape index (κ1) is 26.0. The molecule has 1 aromatic heterocycles. The van der Waals surface area contributed by atoms with E-state index in [4.69, 9.17) is 4.42 Å². The van der Waals surface area contributed by atoms with Gasteiger partial charge in [0, 0.05) is 38.7 Å². The van der Waals surface area contributed by atoms with E-state index in [-0.39, 0.29) is 35.4 Å². The Kier molecular flexibility index (Phi) is 6.22. The third-order valence-electron chi connectivity index (χ3n) is 9.93. The lowest BCUT2D eigenvalue weighted by molar-refractivity contribution is 0.674. The molecule has 52 heavy (non-hydrogen) atoms. The van der Waals surface area contributed by atoms with Gasteiger partial charge in [-0.2, -0.15) is 0 Å². The molecule has 9 aromatic carbocycles. The van der Waals surface area contributed by atoms with Crippen LogP contribution in [0.5, 0.6) is 0 Å². The third kappa shape index (κ3) is 5.12. The second-order valence-corrected chi connectivity index (χ2v) is 13.0. The van der Waals surface area contributed by atoms with Gasteiger partial charge in [-0.3, -0.25) is 0 Å². The smallest absolute Gasteiger partial charge is 0.143 e. The van der Waals surface area contributed by atoms with Crippen LogP contribution in [0.2, 0.25) is 0 Å². The summed E-state index contributed by atoms with van der Waals surface area (Å²) in [5, 5.41) is 6.15. The highest BCUT2D eigenvalue weighted by atomic mass is 16.3. The Labute approximate surface area is 308 Å². The Bertz CT molecular complexity index is 3110. The standard InChI is InChI=1S/C50H33NO/c1-2-11-34(12-3-1)36-23-28-41(29-24-36)51(42-30-25-37(26-31-42)40-22-21-35-13-4-5-15-39(35)33-40)48-20-9-8-17-44(48)45-18-10-19-46-47-32-27-38-14-6-7-16-43(38)49(47)52-50(45)46/h1-33H/i25D,26D,30D,31D. The highest BCUT2D eigenvalue weighted by molar-refractivity contribution is 6.17. The van der Waals surface area contributed by atoms with E-state index >= 15 is 0 Å². The molecule has 0 aliphatic heterocycles. The fraction of sp³-hybridized carbons (Fsp3) is 0. The molecule has 0 unspecified atom stereocenters. The Hall–Kier alpha value is -6.90. The predicted molar refractivity (Wildman–Crippen MR) is 220 cm³/mol. The van der Waals surface area contributed by atoms with E-state index in [0.29, 0.717) is 16.9 Å². The molecule has 0 N–H and O–H groups in total. The average Bonchev–Trinajstić information content (AvgIpc) is 3.65. The maximum atomic E-state index is 9.60. The summed E-state index contributed by atoms with van der Waals surface area (Å²) in [6.45, 7) is 0. The number of rotatable bonds is 6. The Morgan fingerprint density at radius 2 is 0.981 bits per heavy atom. The molecule has 1 heterocycles. The SMILES string of the molecule is [2H]c1c([2H])c(N(c2ccc(-c3ccccc3)cc2)c2ccccc2-c2cccc3c2oc2c4ccccc4ccc32)c([2H])c([2H])c1-c1ccc2ccccc2c1. The zero-order chi connectivity index (χ0) is 37.9. The van der Waals surface area contributed by atoms with Crippen molar-refractivity contribution in [1.82, 2.24) is 0 Å². The first-order valence-electron chi connectivity index (χ1n) is 19.4. The van der Waals surface area contributed by atoms with E-state index in [1.54, 1.807) is 0 Å². The zero-order valence-corrected chi connectivity index (χ0v) is 28.1. The molecular formula is C50H33NO. The molecule has 0 aliphatic rings. The van der Waals surface area contributed by atoms with Crippen molar-refractivity contribution in [2.75, 3.05) is 4.90 Å². The minimum atomic E-state index is -0.135. The van der Waals surface area contributed by atoms with Crippen molar-refractivity contribution in [1.29, 1.82) is 0 Å². The molecule has 0 saturated carbocycles. The predicted octanol–water partition coefficient (Wildman–Crippen LogP) is 14.4. The molecule has 244 valence electrons. The van der Waals surface area contributed by atoms with Crippen LogP contribution < -0.4 is 4.90 Å². The molecule has 0 aliphatic carbocycles. The number of hydrogen-bond donors (Lipinski definition) is 0. The molecule has 0 bridgehead atoms. The lowest BCUT2D eigenvalue weighted by atomic mass is 9.98. The molecular weight excluding hydrogens is 631 g/mol. The van der Waals surface area contributed by atoms with Crippen molar-refractivity contribution in [3.63, 3.8) is 0 Å². The van der Waals surface area contributed by atoms with Gasteiger partial charge in [0.05, 0.1) is 11.2 Å². The summed E-state index contributed by atoms with van der Waals surface area (Å²) in [6.07, 6.45) is 0. The van der Waals surface area contributed by atoms with Gasteiger partial charge < -0.3 is 9.32 Å². The summed E-state index contributed by atoms with van der Waals surface area (Å²) in [5.41, 5.74) is 7.76. The van der Waals surface area contributed by atoms with Gasteiger partial charge in [-0.15, -0.1) is 0 Å². The molecule has 10 rings (SSSR count). The van der Waals surface area contributed by atoms with E-state index in [2.05, 4.69) is 42.5 Å². The highest BCUT2D eigenvalue weighted by Crippen LogP contribution is 2.45. The molecule has 0 saturated heterocycles. The summed E-state index contributed by atoms with van der Waals surface area (Å²) in [7, 11) is 0. The van der Waals surface area contributed by atoms with Crippen LogP contribution in [-0.2, 0) is 0 Å². The third-order valence-corrected chi connectivity index (χ3v) is 9.93. The fourth-order valence-electron chi connectivity index (χ4n) is 7.36. The van der Waals surface area contributed by atoms with Gasteiger partial charge in [-0.1, -0.05) is 158 Å². The minimum Gasteiger partial charge on any atom is -0.455 e. The average molecular weight is 668 g/mol. The molecule has 2 nitrogen and oxygen atoms in total. The van der Waals surface area contributed by atoms with Crippen LogP contribution in [0, 0.1) is 0 Å². The van der Waals surface area contributed by atoms with Crippen molar-refractivity contribution in [2.24, 2.45) is 0 Å². The first-order chi connectivity index (χ1) is 27.5. The molecule has 0 atom stereocenters. The number of nitrogens with zero attached hydrogens (tertiary/aromatic N) is 1. The number of anilines is 3. The summed E-state index contributed by atoms with van der Waals surface area (Å²) < 4.78 is 44.8. The largest absolute Gasteiger partial charge is 0.455 e. The highest BCUT2D eigenvalue weighted by Gasteiger charge is 2.21. The van der Waals surface area contributed by atoms with Gasteiger partial charge >= 0.3 is 0 Å². The number of benzene rings is 9. The topological polar surface area (TPSA) is 16.4 Å². The van der Waals surface area contributed by atoms with Crippen molar-refractivity contribution < 1.29 is 9.90 Å². The van der Waals surface area contributed by atoms with Crippen LogP contribution in [0.15, 0.2) is 205 Å². The lowest BCUT2D eigenvalue weighted by Gasteiger charge is -2.28. The zero-order valence-electron chi connectivity index (χ0n) is 32.1. The molecule has 0 radical (unpaired) electrons. The van der Waals surface area contributed by atoms with Gasteiger partial charge in [-0.05, 0) is 80.8 Å². The molecule has 0 amide bonds. The second-order valence-electron chi connectivity index (χ2n) is 13.0. The van der Waals surface area contributed by atoms with Crippen LogP contribution in [0.25, 0.3) is 76.9 Å². The first-order valence-corrected chi connectivity index (χ1v) is 17.4. The van der Waals surface area contributed by atoms with E-state index in [9.17, 15) is 5.48 Å². The van der Waals surface area contributed by atoms with Crippen molar-refractivity contribution in [3.05, 3.63) is 200 Å². The van der Waals surface area contributed by atoms with Crippen molar-refractivity contribution in [3.8, 4) is 33.4 Å². The summed E-state index contributed by atoms with van der Waals surface area (Å²) in [5.74, 6) is 0. The van der Waals surface area contributed by atoms with Crippen LogP contribution in [0.3, 0.4) is 0 Å². The fourth-order valence-corrected chi connectivity index (χ4v) is 7.36. The van der Waals surface area contributed by atoms with Gasteiger partial charge in [0.2, 0.25) is 0 Å². The minimum absolute atomic E-state index is 0.106. The summed E-state index contributed by atoms with van der Waals surface area (Å²) in [6, 6.07) is 57.9. The van der Waals surface area contributed by atoms with Crippen LogP contribution in [0.1, 0.15) is 5.48 Å². The van der Waals surface area contributed by atoms with Crippen LogP contribution in [-0.4, -0.2) is 0 Å². The Morgan fingerprint density at radius 1 is 0.365 bits per heavy atom. The van der Waals surface area contributed by atoms with Gasteiger partial charge in [-0.25, -0.2) is 0 Å². The monoisotopic (exact) mass is 667 g/mol. The molecule has 0 spiro atoms. The Morgan fingerprint density at radius 3 is 1.83 bits per heavy atom. The summed E-state index contributed by atoms with van der Waals surface area (Å²) >= 11 is 0. The van der Waals surface area contributed by atoms with Crippen molar-refractivity contribution in [2.45, 2.75) is 0 Å². The van der Waals surface area contributed by atoms with Crippen LogP contribution in [0.4, 0.5) is 17.1 Å². The number of para-hydroxylation sites is 2. The van der Waals surface area contributed by atoms with Gasteiger partial charge in [0.1, 0.15) is 11.2 Å². The molecule has 2 heteroatoms. The maximum Gasteiger partial charge on any atom is 0.143 e. The van der Waals surface area contributed by atoms with E-state index in [1.165, 1.54) is 0 Å². The Balaban J connectivity index is 1.21. The number of hydrogen-bond acceptors (Lipinski definition) is 2. The molecule has 0 fully saturated rings. The molecule has 10 aromatic rings. The quantitative estimate of drug-likeness (QED) is 0.175.